The van der Waals surface area contributed by atoms with Crippen LogP contribution in [0.2, 0.25) is 5.02 Å². The van der Waals surface area contributed by atoms with Gasteiger partial charge < -0.3 is 9.47 Å². The molecule has 0 fully saturated rings. The smallest absolute Gasteiger partial charge is 0.429 e. The summed E-state index contributed by atoms with van der Waals surface area (Å²) in [5.74, 6) is 3.27. The molecule has 0 saturated carbocycles. The van der Waals surface area contributed by atoms with E-state index in [0.29, 0.717) is 16.9 Å². The zero-order valence-corrected chi connectivity index (χ0v) is 13.8. The van der Waals surface area contributed by atoms with Gasteiger partial charge in [-0.15, -0.1) is 6.42 Å². The van der Waals surface area contributed by atoms with E-state index in [1.807, 2.05) is 0 Å². The van der Waals surface area contributed by atoms with Crippen molar-refractivity contribution < 1.29 is 22.6 Å². The van der Waals surface area contributed by atoms with Gasteiger partial charge in [-0.05, 0) is 42.8 Å². The molecule has 25 heavy (non-hydrogen) atoms. The van der Waals surface area contributed by atoms with E-state index in [4.69, 9.17) is 27.5 Å². The molecule has 0 aliphatic carbocycles. The fourth-order valence-electron chi connectivity index (χ4n) is 2.38. The Hall–Kier alpha value is -2.58. The summed E-state index contributed by atoms with van der Waals surface area (Å²) < 4.78 is 49.3. The van der Waals surface area contributed by atoms with Crippen molar-refractivity contribution in [2.75, 3.05) is 0 Å². The standard InChI is InChI=1S/C19H12ClF3O2/c1-3-12-4-6-15(11(2)8-12)24-17-10-16-13(9-14(17)20)5-7-18(25-16)19(21,22)23/h1,4-10,18H,2H3. The van der Waals surface area contributed by atoms with Gasteiger partial charge in [0.2, 0.25) is 6.10 Å². The lowest BCUT2D eigenvalue weighted by molar-refractivity contribution is -0.180. The number of rotatable bonds is 2. The van der Waals surface area contributed by atoms with Gasteiger partial charge in [-0.2, -0.15) is 13.2 Å². The summed E-state index contributed by atoms with van der Waals surface area (Å²) in [6, 6.07) is 8.00. The Morgan fingerprint density at radius 3 is 2.60 bits per heavy atom. The Morgan fingerprint density at radius 1 is 1.20 bits per heavy atom. The average molecular weight is 365 g/mol. The number of halogens is 4. The number of hydrogen-bond donors (Lipinski definition) is 0. The highest BCUT2D eigenvalue weighted by molar-refractivity contribution is 6.32. The fourth-order valence-corrected chi connectivity index (χ4v) is 2.59. The molecule has 1 heterocycles. The van der Waals surface area contributed by atoms with Crippen LogP contribution in [0.1, 0.15) is 16.7 Å². The second-order valence-electron chi connectivity index (χ2n) is 5.49. The van der Waals surface area contributed by atoms with Gasteiger partial charge in [0.15, 0.2) is 0 Å². The van der Waals surface area contributed by atoms with E-state index < -0.39 is 12.3 Å². The van der Waals surface area contributed by atoms with Crippen LogP contribution in [0.4, 0.5) is 13.2 Å². The number of hydrogen-bond acceptors (Lipinski definition) is 2. The highest BCUT2D eigenvalue weighted by atomic mass is 35.5. The summed E-state index contributed by atoms with van der Waals surface area (Å²) in [6.07, 6.45) is 1.14. The number of fused-ring (bicyclic) bond motifs is 1. The summed E-state index contributed by atoms with van der Waals surface area (Å²) >= 11 is 6.18. The van der Waals surface area contributed by atoms with Crippen molar-refractivity contribution in [3.05, 3.63) is 58.1 Å². The molecular weight excluding hydrogens is 353 g/mol. The third kappa shape index (κ3) is 3.59. The molecule has 3 rings (SSSR count). The fraction of sp³-hybridized carbons (Fsp3) is 0.158. The first-order valence-corrected chi connectivity index (χ1v) is 7.66. The average Bonchev–Trinajstić information content (AvgIpc) is 2.55. The first kappa shape index (κ1) is 17.2. The molecule has 0 bridgehead atoms. The highest BCUT2D eigenvalue weighted by Gasteiger charge is 2.41. The van der Waals surface area contributed by atoms with Gasteiger partial charge in [-0.1, -0.05) is 23.6 Å². The molecule has 1 aliphatic rings. The maximum Gasteiger partial charge on any atom is 0.429 e. The molecular formula is C19H12ClF3O2. The Kier molecular flexibility index (Phi) is 4.40. The quantitative estimate of drug-likeness (QED) is 0.631. The van der Waals surface area contributed by atoms with E-state index in [1.54, 1.807) is 25.1 Å². The van der Waals surface area contributed by atoms with Crippen LogP contribution in [0.5, 0.6) is 17.2 Å². The van der Waals surface area contributed by atoms with Crippen LogP contribution < -0.4 is 9.47 Å². The Morgan fingerprint density at radius 2 is 1.96 bits per heavy atom. The maximum absolute atomic E-state index is 12.8. The zero-order valence-electron chi connectivity index (χ0n) is 13.0. The molecule has 1 aliphatic heterocycles. The minimum atomic E-state index is -4.49. The van der Waals surface area contributed by atoms with E-state index in [2.05, 4.69) is 5.92 Å². The first-order chi connectivity index (χ1) is 11.8. The van der Waals surface area contributed by atoms with Crippen LogP contribution in [0.25, 0.3) is 6.08 Å². The van der Waals surface area contributed by atoms with Crippen LogP contribution in [0.15, 0.2) is 36.4 Å². The van der Waals surface area contributed by atoms with Gasteiger partial charge in [0.1, 0.15) is 17.2 Å². The second-order valence-corrected chi connectivity index (χ2v) is 5.89. The third-order valence-corrected chi connectivity index (χ3v) is 3.95. The maximum atomic E-state index is 12.8. The van der Waals surface area contributed by atoms with E-state index >= 15 is 0 Å². The van der Waals surface area contributed by atoms with Gasteiger partial charge >= 0.3 is 6.18 Å². The molecule has 2 nitrogen and oxygen atoms in total. The Labute approximate surface area is 147 Å². The van der Waals surface area contributed by atoms with Crippen LogP contribution in [0.3, 0.4) is 0 Å². The lowest BCUT2D eigenvalue weighted by Gasteiger charge is -2.24. The van der Waals surface area contributed by atoms with E-state index in [-0.39, 0.29) is 16.5 Å². The first-order valence-electron chi connectivity index (χ1n) is 7.28. The lowest BCUT2D eigenvalue weighted by Crippen LogP contribution is -2.33. The molecule has 0 amide bonds. The van der Waals surface area contributed by atoms with E-state index in [9.17, 15) is 13.2 Å². The van der Waals surface area contributed by atoms with Gasteiger partial charge in [0.05, 0.1) is 5.02 Å². The minimum Gasteiger partial charge on any atom is -0.476 e. The summed E-state index contributed by atoms with van der Waals surface area (Å²) in [4.78, 5) is 0. The van der Waals surface area contributed by atoms with Crippen LogP contribution >= 0.6 is 11.6 Å². The number of aryl methyl sites for hydroxylation is 1. The van der Waals surface area contributed by atoms with E-state index in [0.717, 1.165) is 11.6 Å². The van der Waals surface area contributed by atoms with Gasteiger partial charge in [0.25, 0.3) is 0 Å². The largest absolute Gasteiger partial charge is 0.476 e. The predicted octanol–water partition coefficient (Wildman–Crippen LogP) is 5.76. The molecule has 1 atom stereocenters. The third-order valence-electron chi connectivity index (χ3n) is 3.65. The molecule has 6 heteroatoms. The molecule has 0 N–H and O–H groups in total. The summed E-state index contributed by atoms with van der Waals surface area (Å²) in [6.45, 7) is 1.81. The second kappa shape index (κ2) is 6.38. The van der Waals surface area contributed by atoms with Crippen molar-refractivity contribution in [1.29, 1.82) is 0 Å². The summed E-state index contributed by atoms with van der Waals surface area (Å²) in [5.41, 5.74) is 1.93. The van der Waals surface area contributed by atoms with Crippen molar-refractivity contribution in [2.45, 2.75) is 19.2 Å². The molecule has 2 aromatic carbocycles. The zero-order chi connectivity index (χ0) is 18.2. The minimum absolute atomic E-state index is 0.0575. The molecule has 0 radical (unpaired) electrons. The topological polar surface area (TPSA) is 18.5 Å². The Balaban J connectivity index is 1.92. The van der Waals surface area contributed by atoms with Gasteiger partial charge in [-0.25, -0.2) is 0 Å². The van der Waals surface area contributed by atoms with Crippen LogP contribution in [0, 0.1) is 19.3 Å². The molecule has 0 aromatic heterocycles. The molecule has 1 unspecified atom stereocenters. The van der Waals surface area contributed by atoms with Crippen LogP contribution in [-0.4, -0.2) is 12.3 Å². The summed E-state index contributed by atoms with van der Waals surface area (Å²) in [5, 5.41) is 0.262. The van der Waals surface area contributed by atoms with Crippen molar-refractivity contribution in [1.82, 2.24) is 0 Å². The van der Waals surface area contributed by atoms with Crippen molar-refractivity contribution in [3.63, 3.8) is 0 Å². The highest BCUT2D eigenvalue weighted by Crippen LogP contribution is 2.40. The predicted molar refractivity (Wildman–Crippen MR) is 90.1 cm³/mol. The number of terminal acetylenes is 1. The SMILES string of the molecule is C#Cc1ccc(Oc2cc3c(cc2Cl)C=CC(C(F)(F)F)O3)c(C)c1. The normalized spacial score (nSPS) is 15.9. The molecule has 0 saturated heterocycles. The molecule has 2 aromatic rings. The van der Waals surface area contributed by atoms with Crippen molar-refractivity contribution in [2.24, 2.45) is 0 Å². The Bertz CT molecular complexity index is 895. The van der Waals surface area contributed by atoms with Gasteiger partial charge in [-0.3, -0.25) is 0 Å². The van der Waals surface area contributed by atoms with E-state index in [1.165, 1.54) is 18.2 Å². The number of alkyl halides is 3. The summed E-state index contributed by atoms with van der Waals surface area (Å²) in [7, 11) is 0. The van der Waals surface area contributed by atoms with Gasteiger partial charge in [0, 0.05) is 17.2 Å². The van der Waals surface area contributed by atoms with Crippen molar-refractivity contribution in [3.8, 4) is 29.6 Å². The number of ether oxygens (including phenoxy) is 2. The number of benzene rings is 2. The molecule has 0 spiro atoms. The van der Waals surface area contributed by atoms with Crippen LogP contribution in [-0.2, 0) is 0 Å². The lowest BCUT2D eigenvalue weighted by atomic mass is 10.1. The monoisotopic (exact) mass is 364 g/mol. The molecule has 128 valence electrons. The van der Waals surface area contributed by atoms with Crippen molar-refractivity contribution >= 4 is 17.7 Å².